The molecule has 5 atom stereocenters. The van der Waals surface area contributed by atoms with Crippen LogP contribution >= 0.6 is 0 Å². The molecule has 1 saturated heterocycles. The van der Waals surface area contributed by atoms with Crippen LogP contribution in [0.1, 0.15) is 116 Å². The Labute approximate surface area is 232 Å². The third kappa shape index (κ3) is 17.0. The van der Waals surface area contributed by atoms with Crippen molar-refractivity contribution in [3.8, 4) is 0 Å². The van der Waals surface area contributed by atoms with Crippen LogP contribution in [0.2, 0.25) is 0 Å². The number of carbonyl (C=O) groups is 1. The second kappa shape index (κ2) is 21.0. The number of hydrogen-bond donors (Lipinski definition) is 3. The zero-order valence-corrected chi connectivity index (χ0v) is 25.0. The molecule has 0 aromatic rings. The van der Waals surface area contributed by atoms with Gasteiger partial charge in [-0.05, 0) is 6.42 Å². The number of esters is 1. The summed E-state index contributed by atoms with van der Waals surface area (Å²) < 4.78 is 17.3. The molecule has 1 fully saturated rings. The van der Waals surface area contributed by atoms with E-state index in [1.54, 1.807) is 0 Å². The third-order valence-electron chi connectivity index (χ3n) is 7.32. The first kappa shape index (κ1) is 35.3. The van der Waals surface area contributed by atoms with Crippen LogP contribution in [0.4, 0.5) is 0 Å². The maximum atomic E-state index is 12.2. The molecule has 0 bridgehead atoms. The van der Waals surface area contributed by atoms with Gasteiger partial charge in [0, 0.05) is 12.8 Å². The summed E-state index contributed by atoms with van der Waals surface area (Å²) in [6.07, 6.45) is 14.0. The average molecular weight is 547 g/mol. The summed E-state index contributed by atoms with van der Waals surface area (Å²) in [4.78, 5) is 12.2. The normalized spacial score (nSPS) is 24.0. The lowest BCUT2D eigenvalue weighted by molar-refractivity contribution is -0.870. The number of nitrogens with zero attached hydrogens (tertiary/aromatic N) is 1. The molecule has 8 heteroatoms. The number of ether oxygens (including phenoxy) is 3. The SMILES string of the molecule is CCCCCCCCCCCCCCCCCC(=O)OCC1OC(OCCC[N+](C)(C)C)C(O)C(O)C1O. The Bertz CT molecular complexity index is 583. The van der Waals surface area contributed by atoms with Gasteiger partial charge in [0.05, 0.1) is 34.3 Å². The number of hydrogen-bond acceptors (Lipinski definition) is 7. The van der Waals surface area contributed by atoms with Crippen LogP contribution in [0, 0.1) is 0 Å². The van der Waals surface area contributed by atoms with E-state index in [-0.39, 0.29) is 12.6 Å². The number of unbranched alkanes of at least 4 members (excludes halogenated alkanes) is 14. The van der Waals surface area contributed by atoms with Crippen LogP contribution in [-0.2, 0) is 19.0 Å². The topological polar surface area (TPSA) is 105 Å². The quantitative estimate of drug-likeness (QED) is 0.0968. The molecular weight excluding hydrogens is 486 g/mol. The van der Waals surface area contributed by atoms with Crippen LogP contribution < -0.4 is 0 Å². The van der Waals surface area contributed by atoms with Crippen molar-refractivity contribution in [2.24, 2.45) is 0 Å². The van der Waals surface area contributed by atoms with E-state index < -0.39 is 30.7 Å². The van der Waals surface area contributed by atoms with E-state index in [4.69, 9.17) is 14.2 Å². The Morgan fingerprint density at radius 2 is 1.21 bits per heavy atom. The highest BCUT2D eigenvalue weighted by Crippen LogP contribution is 2.23. The summed E-state index contributed by atoms with van der Waals surface area (Å²) in [5.74, 6) is -0.337. The molecule has 226 valence electrons. The van der Waals surface area contributed by atoms with Crippen molar-refractivity contribution in [2.45, 2.75) is 147 Å². The number of quaternary nitrogens is 1. The van der Waals surface area contributed by atoms with Gasteiger partial charge in [-0.1, -0.05) is 96.8 Å². The maximum Gasteiger partial charge on any atom is 0.305 e. The molecule has 1 aliphatic heterocycles. The molecule has 0 saturated carbocycles. The smallest absolute Gasteiger partial charge is 0.305 e. The predicted molar refractivity (Wildman–Crippen MR) is 151 cm³/mol. The van der Waals surface area contributed by atoms with E-state index in [1.165, 1.54) is 77.0 Å². The summed E-state index contributed by atoms with van der Waals surface area (Å²) in [5, 5.41) is 30.6. The Balaban J connectivity index is 2.07. The van der Waals surface area contributed by atoms with Crippen molar-refractivity contribution in [3.63, 3.8) is 0 Å². The number of aliphatic hydroxyl groups is 3. The minimum absolute atomic E-state index is 0.179. The maximum absolute atomic E-state index is 12.2. The summed E-state index contributed by atoms with van der Waals surface area (Å²) in [7, 11) is 6.24. The van der Waals surface area contributed by atoms with E-state index in [2.05, 4.69) is 28.1 Å². The van der Waals surface area contributed by atoms with Crippen molar-refractivity contribution < 1.29 is 38.8 Å². The number of aliphatic hydroxyl groups excluding tert-OH is 3. The standard InChI is InChI=1S/C30H60NO7/c1-5-6-7-8-9-10-11-12-13-14-15-16-17-18-19-21-26(32)37-24-25-27(33)28(34)29(35)30(38-25)36-23-20-22-31(2,3)4/h25,27-30,33-35H,5-24H2,1-4H3/q+1. The highest BCUT2D eigenvalue weighted by molar-refractivity contribution is 5.69. The molecule has 3 N–H and O–H groups in total. The highest BCUT2D eigenvalue weighted by atomic mass is 16.7. The molecule has 0 spiro atoms. The van der Waals surface area contributed by atoms with Gasteiger partial charge >= 0.3 is 5.97 Å². The van der Waals surface area contributed by atoms with E-state index in [0.29, 0.717) is 13.0 Å². The Kier molecular flexibility index (Phi) is 19.5. The molecule has 8 nitrogen and oxygen atoms in total. The van der Waals surface area contributed by atoms with Crippen LogP contribution in [0.15, 0.2) is 0 Å². The molecule has 1 aliphatic rings. The molecule has 0 radical (unpaired) electrons. The van der Waals surface area contributed by atoms with E-state index in [1.807, 2.05) is 0 Å². The summed E-state index contributed by atoms with van der Waals surface area (Å²) in [6.45, 7) is 3.32. The lowest BCUT2D eigenvalue weighted by Gasteiger charge is -2.40. The molecule has 38 heavy (non-hydrogen) atoms. The first-order chi connectivity index (χ1) is 18.2. The van der Waals surface area contributed by atoms with E-state index in [9.17, 15) is 20.1 Å². The van der Waals surface area contributed by atoms with Gasteiger partial charge in [0.2, 0.25) is 0 Å². The van der Waals surface area contributed by atoms with Gasteiger partial charge in [-0.3, -0.25) is 4.79 Å². The second-order valence-corrected chi connectivity index (χ2v) is 12.1. The Hall–Kier alpha value is -0.770. The molecule has 5 unspecified atom stereocenters. The molecule has 0 aliphatic carbocycles. The fourth-order valence-electron chi connectivity index (χ4n) is 4.82. The van der Waals surface area contributed by atoms with Crippen LogP contribution in [0.3, 0.4) is 0 Å². The minimum Gasteiger partial charge on any atom is -0.463 e. The summed E-state index contributed by atoms with van der Waals surface area (Å²) in [5.41, 5.74) is 0. The summed E-state index contributed by atoms with van der Waals surface area (Å²) in [6, 6.07) is 0. The molecule has 1 heterocycles. The van der Waals surface area contributed by atoms with Gasteiger partial charge in [-0.25, -0.2) is 0 Å². The van der Waals surface area contributed by atoms with Gasteiger partial charge < -0.3 is 34.0 Å². The zero-order chi connectivity index (χ0) is 28.2. The lowest BCUT2D eigenvalue weighted by atomic mass is 9.99. The van der Waals surface area contributed by atoms with Gasteiger partial charge in [0.25, 0.3) is 0 Å². The predicted octanol–water partition coefficient (Wildman–Crippen LogP) is 4.71. The van der Waals surface area contributed by atoms with Crippen molar-refractivity contribution in [2.75, 3.05) is 40.9 Å². The van der Waals surface area contributed by atoms with Crippen LogP contribution in [0.5, 0.6) is 0 Å². The van der Waals surface area contributed by atoms with Gasteiger partial charge in [-0.15, -0.1) is 0 Å². The van der Waals surface area contributed by atoms with Crippen molar-refractivity contribution in [1.29, 1.82) is 0 Å². The number of carbonyl (C=O) groups excluding carboxylic acids is 1. The minimum atomic E-state index is -1.42. The molecule has 1 rings (SSSR count). The van der Waals surface area contributed by atoms with Crippen molar-refractivity contribution >= 4 is 5.97 Å². The van der Waals surface area contributed by atoms with E-state index >= 15 is 0 Å². The highest BCUT2D eigenvalue weighted by Gasteiger charge is 2.44. The number of rotatable bonds is 23. The zero-order valence-electron chi connectivity index (χ0n) is 25.0. The van der Waals surface area contributed by atoms with Crippen LogP contribution in [-0.4, -0.2) is 97.4 Å². The molecule has 0 amide bonds. The fourth-order valence-corrected chi connectivity index (χ4v) is 4.82. The van der Waals surface area contributed by atoms with Crippen LogP contribution in [0.25, 0.3) is 0 Å². The van der Waals surface area contributed by atoms with Gasteiger partial charge in [-0.2, -0.15) is 0 Å². The second-order valence-electron chi connectivity index (χ2n) is 12.1. The van der Waals surface area contributed by atoms with Gasteiger partial charge in [0.1, 0.15) is 31.0 Å². The average Bonchev–Trinajstić information content (AvgIpc) is 2.87. The molecular formula is C30H60NO7+. The van der Waals surface area contributed by atoms with E-state index in [0.717, 1.165) is 36.7 Å². The lowest BCUT2D eigenvalue weighted by Crippen LogP contribution is -2.59. The Morgan fingerprint density at radius 1 is 0.711 bits per heavy atom. The Morgan fingerprint density at radius 3 is 1.71 bits per heavy atom. The monoisotopic (exact) mass is 546 g/mol. The largest absolute Gasteiger partial charge is 0.463 e. The first-order valence-corrected chi connectivity index (χ1v) is 15.4. The third-order valence-corrected chi connectivity index (χ3v) is 7.32. The van der Waals surface area contributed by atoms with Crippen molar-refractivity contribution in [3.05, 3.63) is 0 Å². The molecule has 0 aromatic carbocycles. The molecule has 0 aromatic heterocycles. The summed E-state index contributed by atoms with van der Waals surface area (Å²) >= 11 is 0. The fraction of sp³-hybridized carbons (Fsp3) is 0.967. The van der Waals surface area contributed by atoms with Crippen molar-refractivity contribution in [1.82, 2.24) is 0 Å². The van der Waals surface area contributed by atoms with Gasteiger partial charge in [0.15, 0.2) is 6.29 Å². The first-order valence-electron chi connectivity index (χ1n) is 15.4.